The number of morpholine rings is 1. The first-order valence-corrected chi connectivity index (χ1v) is 7.89. The molecule has 1 spiro atoms. The van der Waals surface area contributed by atoms with E-state index in [1.807, 2.05) is 0 Å². The van der Waals surface area contributed by atoms with E-state index in [4.69, 9.17) is 9.47 Å². The molecule has 0 radical (unpaired) electrons. The summed E-state index contributed by atoms with van der Waals surface area (Å²) in [5.41, 5.74) is -1.14. The van der Waals surface area contributed by atoms with Crippen LogP contribution in [0.1, 0.15) is 33.6 Å². The Morgan fingerprint density at radius 2 is 1.78 bits per heavy atom. The van der Waals surface area contributed by atoms with E-state index in [1.54, 1.807) is 25.7 Å². The van der Waals surface area contributed by atoms with Crippen molar-refractivity contribution in [2.24, 2.45) is 0 Å². The summed E-state index contributed by atoms with van der Waals surface area (Å²) < 4.78 is 48.8. The van der Waals surface area contributed by atoms with Crippen LogP contribution in [0.5, 0.6) is 0 Å². The molecule has 0 aliphatic carbocycles. The highest BCUT2D eigenvalue weighted by Crippen LogP contribution is 2.32. The van der Waals surface area contributed by atoms with Crippen molar-refractivity contribution in [2.45, 2.75) is 51.0 Å². The fourth-order valence-electron chi connectivity index (χ4n) is 3.04. The van der Waals surface area contributed by atoms with Crippen molar-refractivity contribution in [2.75, 3.05) is 39.3 Å². The number of nitrogens with zero attached hydrogens (tertiary/aromatic N) is 2. The minimum Gasteiger partial charge on any atom is -0.444 e. The maximum absolute atomic E-state index is 12.6. The smallest absolute Gasteiger partial charge is 0.410 e. The van der Waals surface area contributed by atoms with Crippen LogP contribution in [0.4, 0.5) is 18.0 Å². The normalized spacial score (nSPS) is 23.1. The van der Waals surface area contributed by atoms with Gasteiger partial charge in [0.05, 0.1) is 18.8 Å². The molecule has 0 unspecified atom stereocenters. The molecule has 2 fully saturated rings. The quantitative estimate of drug-likeness (QED) is 0.737. The number of hydrogen-bond acceptors (Lipinski definition) is 4. The summed E-state index contributed by atoms with van der Waals surface area (Å²) in [5, 5.41) is 0. The maximum Gasteiger partial charge on any atom is 0.410 e. The van der Waals surface area contributed by atoms with Crippen LogP contribution in [0.3, 0.4) is 0 Å². The zero-order valence-corrected chi connectivity index (χ0v) is 13.9. The van der Waals surface area contributed by atoms with Crippen LogP contribution in [0.25, 0.3) is 0 Å². The number of likely N-dealkylation sites (tertiary alicyclic amines) is 1. The van der Waals surface area contributed by atoms with Crippen molar-refractivity contribution in [1.82, 2.24) is 9.80 Å². The second kappa shape index (κ2) is 6.47. The fraction of sp³-hybridized carbons (Fsp3) is 0.933. The highest BCUT2D eigenvalue weighted by atomic mass is 19.4. The van der Waals surface area contributed by atoms with E-state index in [0.29, 0.717) is 32.5 Å². The van der Waals surface area contributed by atoms with E-state index in [0.717, 1.165) is 0 Å². The van der Waals surface area contributed by atoms with Gasteiger partial charge in [-0.05, 0) is 33.6 Å². The Kier molecular flexibility index (Phi) is 5.15. The topological polar surface area (TPSA) is 42.0 Å². The summed E-state index contributed by atoms with van der Waals surface area (Å²) in [4.78, 5) is 15.0. The summed E-state index contributed by atoms with van der Waals surface area (Å²) >= 11 is 0. The van der Waals surface area contributed by atoms with Crippen molar-refractivity contribution in [3.05, 3.63) is 0 Å². The number of alkyl halides is 3. The number of rotatable bonds is 1. The Morgan fingerprint density at radius 3 is 2.30 bits per heavy atom. The van der Waals surface area contributed by atoms with Gasteiger partial charge >= 0.3 is 12.3 Å². The molecule has 2 rings (SSSR count). The van der Waals surface area contributed by atoms with Crippen LogP contribution in [0.2, 0.25) is 0 Å². The van der Waals surface area contributed by atoms with E-state index in [-0.39, 0.29) is 19.2 Å². The van der Waals surface area contributed by atoms with Gasteiger partial charge in [0.2, 0.25) is 0 Å². The van der Waals surface area contributed by atoms with Gasteiger partial charge in [0.15, 0.2) is 0 Å². The predicted molar refractivity (Wildman–Crippen MR) is 78.2 cm³/mol. The average Bonchev–Trinajstić information content (AvgIpc) is 2.35. The molecule has 0 aromatic heterocycles. The minimum atomic E-state index is -4.20. The van der Waals surface area contributed by atoms with Crippen molar-refractivity contribution >= 4 is 6.09 Å². The molecule has 5 nitrogen and oxygen atoms in total. The summed E-state index contributed by atoms with van der Waals surface area (Å²) in [6.45, 7) is 6.21. The van der Waals surface area contributed by atoms with Crippen molar-refractivity contribution in [1.29, 1.82) is 0 Å². The predicted octanol–water partition coefficient (Wildman–Crippen LogP) is 2.65. The lowest BCUT2D eigenvalue weighted by Gasteiger charge is -2.47. The molecule has 134 valence electrons. The summed E-state index contributed by atoms with van der Waals surface area (Å²) in [6, 6.07) is 0. The van der Waals surface area contributed by atoms with Crippen LogP contribution in [-0.4, -0.2) is 72.6 Å². The van der Waals surface area contributed by atoms with Gasteiger partial charge in [0.1, 0.15) is 5.60 Å². The number of carbonyl (C=O) groups is 1. The molecule has 0 atom stereocenters. The minimum absolute atomic E-state index is 0.259. The third kappa shape index (κ3) is 5.53. The lowest BCUT2D eigenvalue weighted by molar-refractivity contribution is -0.182. The summed E-state index contributed by atoms with van der Waals surface area (Å²) in [5.74, 6) is 0. The molecule has 0 saturated carbocycles. The first-order chi connectivity index (χ1) is 10.5. The van der Waals surface area contributed by atoms with Crippen molar-refractivity contribution in [3.8, 4) is 0 Å². The monoisotopic (exact) mass is 338 g/mol. The molecule has 8 heteroatoms. The zero-order valence-electron chi connectivity index (χ0n) is 13.9. The second-order valence-electron chi connectivity index (χ2n) is 7.32. The molecule has 1 amide bonds. The average molecular weight is 338 g/mol. The Labute approximate surface area is 134 Å². The molecule has 2 saturated heterocycles. The molecule has 2 aliphatic rings. The van der Waals surface area contributed by atoms with Gasteiger partial charge in [0.25, 0.3) is 0 Å². The SMILES string of the molecule is CC(C)(C)OC(=O)N1CCC2(CC1)CN(CC(F)(F)F)CCO2. The third-order valence-electron chi connectivity index (χ3n) is 4.06. The van der Waals surface area contributed by atoms with Gasteiger partial charge < -0.3 is 14.4 Å². The van der Waals surface area contributed by atoms with Crippen LogP contribution < -0.4 is 0 Å². The van der Waals surface area contributed by atoms with Gasteiger partial charge in [0, 0.05) is 26.2 Å². The van der Waals surface area contributed by atoms with E-state index < -0.39 is 23.9 Å². The fourth-order valence-corrected chi connectivity index (χ4v) is 3.04. The number of ether oxygens (including phenoxy) is 2. The first kappa shape index (κ1) is 18.3. The summed E-state index contributed by atoms with van der Waals surface area (Å²) in [7, 11) is 0. The molecular weight excluding hydrogens is 313 g/mol. The molecule has 2 heterocycles. The van der Waals surface area contributed by atoms with E-state index in [1.165, 1.54) is 4.90 Å². The Bertz CT molecular complexity index is 427. The molecule has 2 aliphatic heterocycles. The maximum atomic E-state index is 12.6. The third-order valence-corrected chi connectivity index (χ3v) is 4.06. The van der Waals surface area contributed by atoms with Crippen LogP contribution in [0, 0.1) is 0 Å². The number of amides is 1. The highest BCUT2D eigenvalue weighted by Gasteiger charge is 2.43. The number of hydrogen-bond donors (Lipinski definition) is 0. The van der Waals surface area contributed by atoms with Crippen LogP contribution >= 0.6 is 0 Å². The second-order valence-corrected chi connectivity index (χ2v) is 7.32. The molecule has 0 aromatic carbocycles. The molecule has 0 N–H and O–H groups in total. The van der Waals surface area contributed by atoms with Gasteiger partial charge in [-0.2, -0.15) is 13.2 Å². The molecule has 0 aromatic rings. The zero-order chi connectivity index (χ0) is 17.3. The molecule has 23 heavy (non-hydrogen) atoms. The lowest BCUT2D eigenvalue weighted by Crippen LogP contribution is -2.58. The lowest BCUT2D eigenvalue weighted by atomic mass is 9.89. The van der Waals surface area contributed by atoms with Gasteiger partial charge in [-0.25, -0.2) is 4.79 Å². The molecule has 0 bridgehead atoms. The van der Waals surface area contributed by atoms with Crippen molar-refractivity contribution < 1.29 is 27.4 Å². The van der Waals surface area contributed by atoms with E-state index in [2.05, 4.69) is 0 Å². The molecular formula is C15H25F3N2O3. The van der Waals surface area contributed by atoms with Crippen LogP contribution in [0.15, 0.2) is 0 Å². The van der Waals surface area contributed by atoms with Crippen LogP contribution in [-0.2, 0) is 9.47 Å². The first-order valence-electron chi connectivity index (χ1n) is 7.89. The Hall–Kier alpha value is -1.02. The Balaban J connectivity index is 1.88. The largest absolute Gasteiger partial charge is 0.444 e. The highest BCUT2D eigenvalue weighted by molar-refractivity contribution is 5.68. The van der Waals surface area contributed by atoms with Gasteiger partial charge in [-0.15, -0.1) is 0 Å². The van der Waals surface area contributed by atoms with E-state index >= 15 is 0 Å². The standard InChI is InChI=1S/C15H25F3N2O3/c1-13(2,3)23-12(21)20-6-4-14(5-7-20)10-19(8-9-22-14)11-15(16,17)18/h4-11H2,1-3H3. The van der Waals surface area contributed by atoms with E-state index in [9.17, 15) is 18.0 Å². The number of halogens is 3. The van der Waals surface area contributed by atoms with Gasteiger partial charge in [-0.3, -0.25) is 4.90 Å². The van der Waals surface area contributed by atoms with Crippen molar-refractivity contribution in [3.63, 3.8) is 0 Å². The Morgan fingerprint density at radius 1 is 1.17 bits per heavy atom. The summed E-state index contributed by atoms with van der Waals surface area (Å²) in [6.07, 6.45) is -3.52. The van der Waals surface area contributed by atoms with Gasteiger partial charge in [-0.1, -0.05) is 0 Å². The number of piperidine rings is 1. The number of carbonyl (C=O) groups excluding carboxylic acids is 1.